The fourth-order valence-corrected chi connectivity index (χ4v) is 2.30. The third-order valence-electron chi connectivity index (χ3n) is 3.62. The summed E-state index contributed by atoms with van der Waals surface area (Å²) in [6.45, 7) is 3.97. The van der Waals surface area contributed by atoms with Gasteiger partial charge < -0.3 is 16.4 Å². The Morgan fingerprint density at radius 1 is 1.22 bits per heavy atom. The highest BCUT2D eigenvalue weighted by molar-refractivity contribution is 5.95. The summed E-state index contributed by atoms with van der Waals surface area (Å²) in [5, 5.41) is 1.14. The van der Waals surface area contributed by atoms with Gasteiger partial charge in [-0.1, -0.05) is 31.5 Å². The molecule has 1 heterocycles. The van der Waals surface area contributed by atoms with E-state index in [-0.39, 0.29) is 12.5 Å². The predicted octanol–water partition coefficient (Wildman–Crippen LogP) is 2.09. The summed E-state index contributed by atoms with van der Waals surface area (Å²) in [7, 11) is 4.09. The Labute approximate surface area is 139 Å². The van der Waals surface area contributed by atoms with Crippen molar-refractivity contribution in [3.63, 3.8) is 0 Å². The molecule has 0 atom stereocenters. The topological polar surface area (TPSA) is 77.3 Å². The van der Waals surface area contributed by atoms with Crippen LogP contribution in [-0.2, 0) is 6.42 Å². The van der Waals surface area contributed by atoms with Gasteiger partial charge in [-0.3, -0.25) is 9.36 Å². The van der Waals surface area contributed by atoms with Crippen LogP contribution in [0.1, 0.15) is 30.1 Å². The van der Waals surface area contributed by atoms with Gasteiger partial charge in [0.25, 0.3) is 0 Å². The molecule has 2 aromatic rings. The number of carbonyl (C=O) groups excluding carboxylic acids is 1. The second-order valence-electron chi connectivity index (χ2n) is 5.83. The third-order valence-corrected chi connectivity index (χ3v) is 3.62. The molecule has 5 heteroatoms. The maximum atomic E-state index is 11.8. The van der Waals surface area contributed by atoms with Crippen LogP contribution < -0.4 is 11.5 Å². The standard InChI is InChI=1S/C14H19N3O.C4H11N/c1-16(2)8-7-11-10-17(14(18)9-15)13-6-4-3-5-12(11)13;1-2-3-4-5/h3-6,10H,7-9,15H2,1-2H3;2-5H2,1H3. The van der Waals surface area contributed by atoms with Crippen molar-refractivity contribution < 1.29 is 4.79 Å². The molecule has 128 valence electrons. The molecule has 5 nitrogen and oxygen atoms in total. The van der Waals surface area contributed by atoms with Crippen LogP contribution in [0.25, 0.3) is 10.9 Å². The number of nitrogens with zero attached hydrogens (tertiary/aromatic N) is 2. The summed E-state index contributed by atoms with van der Waals surface area (Å²) >= 11 is 0. The number of nitrogens with two attached hydrogens (primary N) is 2. The first-order valence-corrected chi connectivity index (χ1v) is 8.22. The molecule has 0 spiro atoms. The fraction of sp³-hybridized carbons (Fsp3) is 0.500. The summed E-state index contributed by atoms with van der Waals surface area (Å²) in [6.07, 6.45) is 5.23. The molecule has 0 unspecified atom stereocenters. The van der Waals surface area contributed by atoms with Crippen molar-refractivity contribution in [2.45, 2.75) is 26.2 Å². The molecule has 0 fully saturated rings. The number of carbonyl (C=O) groups is 1. The Kier molecular flexibility index (Phi) is 8.55. The van der Waals surface area contributed by atoms with E-state index in [0.717, 1.165) is 30.4 Å². The van der Waals surface area contributed by atoms with Gasteiger partial charge >= 0.3 is 0 Å². The summed E-state index contributed by atoms with van der Waals surface area (Å²) in [5.74, 6) is -0.0673. The van der Waals surface area contributed by atoms with Gasteiger partial charge in [0.1, 0.15) is 0 Å². The van der Waals surface area contributed by atoms with E-state index in [9.17, 15) is 4.79 Å². The van der Waals surface area contributed by atoms with E-state index in [4.69, 9.17) is 11.5 Å². The number of benzene rings is 1. The van der Waals surface area contributed by atoms with Gasteiger partial charge in [-0.05, 0) is 45.1 Å². The molecule has 0 saturated carbocycles. The molecule has 2 rings (SSSR count). The first-order chi connectivity index (χ1) is 11.0. The highest BCUT2D eigenvalue weighted by Gasteiger charge is 2.11. The smallest absolute Gasteiger partial charge is 0.244 e. The van der Waals surface area contributed by atoms with Crippen LogP contribution in [0.4, 0.5) is 0 Å². The number of unbranched alkanes of at least 4 members (excludes halogenated alkanes) is 1. The van der Waals surface area contributed by atoms with Gasteiger partial charge in [-0.2, -0.15) is 0 Å². The van der Waals surface area contributed by atoms with Crippen LogP contribution in [0.5, 0.6) is 0 Å². The number of fused-ring (bicyclic) bond motifs is 1. The predicted molar refractivity (Wildman–Crippen MR) is 97.8 cm³/mol. The van der Waals surface area contributed by atoms with Crippen LogP contribution in [0.2, 0.25) is 0 Å². The van der Waals surface area contributed by atoms with Crippen LogP contribution in [0.15, 0.2) is 30.5 Å². The highest BCUT2D eigenvalue weighted by Crippen LogP contribution is 2.21. The van der Waals surface area contributed by atoms with Gasteiger partial charge in [0.05, 0.1) is 12.1 Å². The van der Waals surface area contributed by atoms with Crippen LogP contribution >= 0.6 is 0 Å². The molecule has 0 aliphatic rings. The lowest BCUT2D eigenvalue weighted by atomic mass is 10.1. The Hall–Kier alpha value is -1.69. The molecule has 1 aromatic heterocycles. The SMILES string of the molecule is CCCCN.CN(C)CCc1cn(C(=O)CN)c2ccccc12. The molecule has 0 saturated heterocycles. The lowest BCUT2D eigenvalue weighted by Crippen LogP contribution is -2.20. The van der Waals surface area contributed by atoms with Crippen LogP contribution in [0.3, 0.4) is 0 Å². The van der Waals surface area contributed by atoms with E-state index < -0.39 is 0 Å². The van der Waals surface area contributed by atoms with E-state index in [2.05, 4.69) is 17.9 Å². The van der Waals surface area contributed by atoms with Crippen molar-refractivity contribution in [3.05, 3.63) is 36.0 Å². The molecule has 0 aliphatic heterocycles. The Bertz CT molecular complexity index is 602. The van der Waals surface area contributed by atoms with E-state index in [1.54, 1.807) is 4.57 Å². The molecule has 0 aliphatic carbocycles. The molecule has 1 aromatic carbocycles. The van der Waals surface area contributed by atoms with Gasteiger partial charge in [0, 0.05) is 18.1 Å². The number of para-hydroxylation sites is 1. The summed E-state index contributed by atoms with van der Waals surface area (Å²) in [4.78, 5) is 13.9. The van der Waals surface area contributed by atoms with Crippen molar-refractivity contribution in [3.8, 4) is 0 Å². The lowest BCUT2D eigenvalue weighted by Gasteiger charge is -2.07. The average molecular weight is 318 g/mol. The zero-order chi connectivity index (χ0) is 17.2. The van der Waals surface area contributed by atoms with Gasteiger partial charge in [-0.25, -0.2) is 0 Å². The van der Waals surface area contributed by atoms with Gasteiger partial charge in [0.15, 0.2) is 0 Å². The Morgan fingerprint density at radius 3 is 2.43 bits per heavy atom. The second kappa shape index (κ2) is 10.2. The molecule has 0 radical (unpaired) electrons. The summed E-state index contributed by atoms with van der Waals surface area (Å²) < 4.78 is 1.67. The maximum Gasteiger partial charge on any atom is 0.244 e. The van der Waals surface area contributed by atoms with Gasteiger partial charge in [-0.15, -0.1) is 0 Å². The number of aromatic nitrogens is 1. The van der Waals surface area contributed by atoms with Crippen LogP contribution in [0, 0.1) is 0 Å². The largest absolute Gasteiger partial charge is 0.330 e. The van der Waals surface area contributed by atoms with E-state index in [1.165, 1.54) is 18.4 Å². The molecule has 4 N–H and O–H groups in total. The van der Waals surface area contributed by atoms with E-state index >= 15 is 0 Å². The molecule has 23 heavy (non-hydrogen) atoms. The number of hydrogen-bond acceptors (Lipinski definition) is 4. The molecule has 0 amide bonds. The summed E-state index contributed by atoms with van der Waals surface area (Å²) in [6, 6.07) is 7.96. The minimum atomic E-state index is -0.0673. The van der Waals surface area contributed by atoms with Crippen molar-refractivity contribution in [2.24, 2.45) is 11.5 Å². The van der Waals surface area contributed by atoms with E-state index in [1.807, 2.05) is 38.5 Å². The number of rotatable bonds is 6. The highest BCUT2D eigenvalue weighted by atomic mass is 16.2. The molecule has 0 bridgehead atoms. The number of hydrogen-bond donors (Lipinski definition) is 2. The first-order valence-electron chi connectivity index (χ1n) is 8.22. The van der Waals surface area contributed by atoms with E-state index in [0.29, 0.717) is 0 Å². The van der Waals surface area contributed by atoms with Crippen molar-refractivity contribution >= 4 is 16.8 Å². The number of likely N-dealkylation sites (N-methyl/N-ethyl adjacent to an activating group) is 1. The minimum absolute atomic E-state index is 0.0335. The van der Waals surface area contributed by atoms with Crippen molar-refractivity contribution in [2.75, 3.05) is 33.7 Å². The summed E-state index contributed by atoms with van der Waals surface area (Å²) in [5.41, 5.74) is 12.7. The quantitative estimate of drug-likeness (QED) is 0.855. The fourth-order valence-electron chi connectivity index (χ4n) is 2.30. The van der Waals surface area contributed by atoms with Crippen molar-refractivity contribution in [1.29, 1.82) is 0 Å². The van der Waals surface area contributed by atoms with Gasteiger partial charge in [0.2, 0.25) is 5.91 Å². The Balaban J connectivity index is 0.000000463. The average Bonchev–Trinajstić information content (AvgIpc) is 2.92. The monoisotopic (exact) mass is 318 g/mol. The second-order valence-corrected chi connectivity index (χ2v) is 5.83. The zero-order valence-corrected chi connectivity index (χ0v) is 14.6. The normalized spacial score (nSPS) is 10.7. The minimum Gasteiger partial charge on any atom is -0.330 e. The zero-order valence-electron chi connectivity index (χ0n) is 14.6. The Morgan fingerprint density at radius 2 is 1.91 bits per heavy atom. The third kappa shape index (κ3) is 5.78. The lowest BCUT2D eigenvalue weighted by molar-refractivity contribution is 0.0928. The molecular weight excluding hydrogens is 288 g/mol. The molecular formula is C18H30N4O. The van der Waals surface area contributed by atoms with Crippen LogP contribution in [-0.4, -0.2) is 49.1 Å². The first kappa shape index (κ1) is 19.4. The maximum absolute atomic E-state index is 11.8. The van der Waals surface area contributed by atoms with Crippen molar-refractivity contribution in [1.82, 2.24) is 9.47 Å².